The molecule has 2 amide bonds. The molecule has 4 saturated carbocycles. The highest BCUT2D eigenvalue weighted by Crippen LogP contribution is 2.76. The summed E-state index contributed by atoms with van der Waals surface area (Å²) >= 11 is 0. The number of allylic oxidation sites excluding steroid dienone is 2. The molecule has 308 valence electrons. The average molecular weight is 775 g/mol. The fraction of sp³-hybridized carbons (Fsp3) is 0.717. The lowest BCUT2D eigenvalue weighted by molar-refractivity contribution is -0.204. The Balaban J connectivity index is 1.18. The molecule has 0 radical (unpaired) electrons. The molecule has 1 aromatic rings. The van der Waals surface area contributed by atoms with E-state index in [-0.39, 0.29) is 75.0 Å². The number of nitrogens with one attached hydrogen (secondary N) is 2. The van der Waals surface area contributed by atoms with Crippen LogP contribution in [0.5, 0.6) is 0 Å². The van der Waals surface area contributed by atoms with Gasteiger partial charge in [-0.1, -0.05) is 78.7 Å². The number of esters is 1. The van der Waals surface area contributed by atoms with Crippen LogP contribution in [0.3, 0.4) is 0 Å². The minimum Gasteiger partial charge on any atom is -0.480 e. The Morgan fingerprint density at radius 1 is 0.786 bits per heavy atom. The van der Waals surface area contributed by atoms with Crippen LogP contribution in [0.4, 0.5) is 0 Å². The highest BCUT2D eigenvalue weighted by atomic mass is 16.5. The van der Waals surface area contributed by atoms with Gasteiger partial charge in [-0.25, -0.2) is 9.59 Å². The monoisotopic (exact) mass is 774 g/mol. The fourth-order valence-electron chi connectivity index (χ4n) is 13.1. The van der Waals surface area contributed by atoms with Crippen LogP contribution in [0.2, 0.25) is 0 Å². The van der Waals surface area contributed by atoms with Gasteiger partial charge in [0.05, 0.1) is 16.5 Å². The maximum absolute atomic E-state index is 14.4. The van der Waals surface area contributed by atoms with Crippen molar-refractivity contribution >= 4 is 29.7 Å². The van der Waals surface area contributed by atoms with Crippen molar-refractivity contribution in [2.45, 2.75) is 144 Å². The predicted octanol–water partition coefficient (Wildman–Crippen LogP) is 8.59. The Bertz CT molecular complexity index is 1770. The summed E-state index contributed by atoms with van der Waals surface area (Å²) < 4.78 is 6.24. The number of amides is 2. The summed E-state index contributed by atoms with van der Waals surface area (Å²) in [6.45, 7) is 17.0. The fourth-order valence-corrected chi connectivity index (χ4v) is 13.1. The van der Waals surface area contributed by atoms with Crippen LogP contribution in [0.1, 0.15) is 159 Å². The van der Waals surface area contributed by atoms with Crippen molar-refractivity contribution in [2.75, 3.05) is 13.1 Å². The average Bonchev–Trinajstić information content (AvgIpc) is 3.13. The van der Waals surface area contributed by atoms with Crippen LogP contribution < -0.4 is 10.6 Å². The van der Waals surface area contributed by atoms with E-state index in [1.807, 2.05) is 0 Å². The summed E-state index contributed by atoms with van der Waals surface area (Å²) in [7, 11) is 0. The van der Waals surface area contributed by atoms with E-state index in [2.05, 4.69) is 65.2 Å². The number of ether oxygens (including phenoxy) is 1. The first-order chi connectivity index (χ1) is 26.2. The number of carbonyl (C=O) groups is 5. The topological polar surface area (TPSA) is 159 Å². The first-order valence-corrected chi connectivity index (χ1v) is 21.2. The van der Waals surface area contributed by atoms with Crippen LogP contribution in [-0.4, -0.2) is 59.1 Å². The molecule has 10 nitrogen and oxygen atoms in total. The van der Waals surface area contributed by atoms with Crippen molar-refractivity contribution in [1.82, 2.24) is 10.6 Å². The van der Waals surface area contributed by atoms with E-state index in [0.29, 0.717) is 24.8 Å². The van der Waals surface area contributed by atoms with Gasteiger partial charge in [-0.3, -0.25) is 14.4 Å². The second-order valence-electron chi connectivity index (χ2n) is 20.2. The summed E-state index contributed by atoms with van der Waals surface area (Å²) in [6.07, 6.45) is 14.3. The normalized spacial score (nSPS) is 35.2. The lowest BCUT2D eigenvalue weighted by Crippen LogP contribution is -2.65. The molecule has 5 aliphatic rings. The Kier molecular flexibility index (Phi) is 11.4. The number of hydrogen-bond acceptors (Lipinski definition) is 6. The molecule has 0 spiro atoms. The van der Waals surface area contributed by atoms with Crippen LogP contribution >= 0.6 is 0 Å². The third-order valence-electron chi connectivity index (χ3n) is 16.5. The van der Waals surface area contributed by atoms with Gasteiger partial charge in [-0.15, -0.1) is 0 Å². The van der Waals surface area contributed by atoms with Gasteiger partial charge in [-0.2, -0.15) is 0 Å². The number of benzene rings is 1. The summed E-state index contributed by atoms with van der Waals surface area (Å²) in [5, 5.41) is 24.3. The van der Waals surface area contributed by atoms with E-state index in [0.717, 1.165) is 77.0 Å². The van der Waals surface area contributed by atoms with Crippen molar-refractivity contribution in [2.24, 2.45) is 50.2 Å². The molecule has 10 heteroatoms. The molecule has 0 unspecified atom stereocenters. The first kappa shape index (κ1) is 41.9. The summed E-state index contributed by atoms with van der Waals surface area (Å²) in [6, 6.07) is 6.30. The number of rotatable bonds is 12. The number of aromatic carboxylic acids is 1. The maximum atomic E-state index is 14.4. The zero-order valence-electron chi connectivity index (χ0n) is 34.9. The van der Waals surface area contributed by atoms with Gasteiger partial charge in [0.2, 0.25) is 11.8 Å². The lowest BCUT2D eigenvalue weighted by Gasteiger charge is -2.71. The van der Waals surface area contributed by atoms with Gasteiger partial charge in [0.15, 0.2) is 0 Å². The SMILES string of the molecule is CC1(C)CC[C@]2(C(=O)NCCCCCC(=O)NCC(=O)O)CC[C@]3(C)C(=CC[C@@H]4[C@@]5(C)CC[C@H](OC(=O)c6ccccc6C(=O)O)C(C)(C)[C@@H]5CC[C@]43C)[C@@H]2C1. The molecule has 56 heavy (non-hydrogen) atoms. The first-order valence-electron chi connectivity index (χ1n) is 21.2. The largest absolute Gasteiger partial charge is 0.480 e. The van der Waals surface area contributed by atoms with Gasteiger partial charge in [-0.05, 0) is 129 Å². The van der Waals surface area contributed by atoms with E-state index < -0.39 is 23.3 Å². The van der Waals surface area contributed by atoms with Gasteiger partial charge in [0.1, 0.15) is 12.6 Å². The minimum absolute atomic E-state index is 0.0259. The third-order valence-corrected chi connectivity index (χ3v) is 16.5. The van der Waals surface area contributed by atoms with Gasteiger partial charge in [0, 0.05) is 18.4 Å². The summed E-state index contributed by atoms with van der Waals surface area (Å²) in [5.74, 6) is -1.87. The van der Waals surface area contributed by atoms with Gasteiger partial charge in [0.25, 0.3) is 0 Å². The number of fused-ring (bicyclic) bond motifs is 7. The molecule has 4 N–H and O–H groups in total. The Hall–Kier alpha value is -3.69. The second-order valence-corrected chi connectivity index (χ2v) is 20.2. The second kappa shape index (κ2) is 15.2. The molecule has 0 aliphatic heterocycles. The highest BCUT2D eigenvalue weighted by Gasteiger charge is 2.69. The molecule has 4 fully saturated rings. The summed E-state index contributed by atoms with van der Waals surface area (Å²) in [5.41, 5.74) is 1.02. The molecular formula is C46H66N2O8. The Morgan fingerprint density at radius 2 is 1.48 bits per heavy atom. The van der Waals surface area contributed by atoms with Crippen molar-refractivity contribution < 1.29 is 38.9 Å². The molecule has 6 rings (SSSR count). The van der Waals surface area contributed by atoms with Crippen LogP contribution in [0.25, 0.3) is 0 Å². The number of unbranched alkanes of at least 4 members (excludes halogenated alkanes) is 2. The molecule has 8 atom stereocenters. The van der Waals surface area contributed by atoms with Crippen LogP contribution in [-0.2, 0) is 19.1 Å². The van der Waals surface area contributed by atoms with E-state index in [1.54, 1.807) is 18.2 Å². The van der Waals surface area contributed by atoms with Crippen LogP contribution in [0, 0.1) is 50.2 Å². The quantitative estimate of drug-likeness (QED) is 0.0934. The molecule has 0 heterocycles. The van der Waals surface area contributed by atoms with E-state index in [9.17, 15) is 29.1 Å². The van der Waals surface area contributed by atoms with Crippen molar-refractivity contribution in [1.29, 1.82) is 0 Å². The van der Waals surface area contributed by atoms with E-state index in [4.69, 9.17) is 9.84 Å². The number of carbonyl (C=O) groups excluding carboxylic acids is 3. The third kappa shape index (κ3) is 7.20. The van der Waals surface area contributed by atoms with Crippen LogP contribution in [0.15, 0.2) is 35.9 Å². The van der Waals surface area contributed by atoms with E-state index >= 15 is 0 Å². The number of hydrogen-bond donors (Lipinski definition) is 4. The van der Waals surface area contributed by atoms with Gasteiger partial charge >= 0.3 is 17.9 Å². The molecular weight excluding hydrogens is 709 g/mol. The Morgan fingerprint density at radius 3 is 2.18 bits per heavy atom. The molecule has 5 aliphatic carbocycles. The molecule has 0 saturated heterocycles. The zero-order chi connectivity index (χ0) is 40.9. The van der Waals surface area contributed by atoms with Gasteiger partial charge < -0.3 is 25.6 Å². The smallest absolute Gasteiger partial charge is 0.339 e. The zero-order valence-corrected chi connectivity index (χ0v) is 34.9. The molecule has 1 aromatic carbocycles. The summed E-state index contributed by atoms with van der Waals surface area (Å²) in [4.78, 5) is 62.4. The van der Waals surface area contributed by atoms with E-state index in [1.165, 1.54) is 11.6 Å². The van der Waals surface area contributed by atoms with Crippen molar-refractivity contribution in [3.8, 4) is 0 Å². The van der Waals surface area contributed by atoms with Crippen molar-refractivity contribution in [3.05, 3.63) is 47.0 Å². The standard InChI is InChI=1S/C46H66N2O8/c1-41(2)22-24-46(40(55)47-26-12-8-9-15-36(49)48-28-37(50)51)25-23-44(6)31(32(46)27-41)16-17-34-43(5)20-19-35(42(3,4)33(43)18-21-45(34,44)7)56-39(54)30-14-11-10-13-29(30)38(52)53/h10-11,13-14,16,32-35H,8-9,12,15,17-28H2,1-7H3,(H,47,55)(H,48,49)(H,50,51)(H,52,53)/t32-,33-,34+,35-,43-,44+,45+,46-/m0/s1. The lowest BCUT2D eigenvalue weighted by atomic mass is 9.33. The highest BCUT2D eigenvalue weighted by molar-refractivity contribution is 6.02. The van der Waals surface area contributed by atoms with Crippen molar-refractivity contribution in [3.63, 3.8) is 0 Å². The predicted molar refractivity (Wildman–Crippen MR) is 214 cm³/mol. The Labute approximate surface area is 333 Å². The molecule has 0 bridgehead atoms. The minimum atomic E-state index is -1.14. The number of carboxylic acid groups (broad SMARTS) is 2. The number of aliphatic carboxylic acids is 1. The molecule has 0 aromatic heterocycles. The maximum Gasteiger partial charge on any atom is 0.339 e. The number of carboxylic acids is 2.